The lowest BCUT2D eigenvalue weighted by atomic mass is 10.3. The first-order valence-corrected chi connectivity index (χ1v) is 5.26. The van der Waals surface area contributed by atoms with Crippen LogP contribution in [0.1, 0.15) is 12.5 Å². The Hall–Kier alpha value is -2.23. The fourth-order valence-corrected chi connectivity index (χ4v) is 1.01. The molecule has 0 saturated heterocycles. The highest BCUT2D eigenvalue weighted by Gasteiger charge is 2.28. The number of hydrogen-bond donors (Lipinski definition) is 1. The molecule has 1 N–H and O–H groups in total. The van der Waals surface area contributed by atoms with Gasteiger partial charge in [0.05, 0.1) is 6.54 Å². The van der Waals surface area contributed by atoms with Gasteiger partial charge >= 0.3 is 6.18 Å². The highest BCUT2D eigenvalue weighted by atomic mass is 19.4. The fourth-order valence-electron chi connectivity index (χ4n) is 1.01. The van der Waals surface area contributed by atoms with Gasteiger partial charge in [0.25, 0.3) is 0 Å². The molecular weight excluding hydrogens is 261 g/mol. The van der Waals surface area contributed by atoms with E-state index in [1.165, 1.54) is 25.3 Å². The molecule has 0 aliphatic carbocycles. The van der Waals surface area contributed by atoms with E-state index in [1.54, 1.807) is 0 Å². The maximum absolute atomic E-state index is 11.9. The second-order valence-corrected chi connectivity index (χ2v) is 3.50. The normalized spacial score (nSPS) is 10.3. The van der Waals surface area contributed by atoms with Gasteiger partial charge in [-0.05, 0) is 6.07 Å². The highest BCUT2D eigenvalue weighted by molar-refractivity contribution is 5.73. The van der Waals surface area contributed by atoms with Crippen molar-refractivity contribution in [3.8, 4) is 17.7 Å². The molecule has 0 aromatic carbocycles. The van der Waals surface area contributed by atoms with Crippen LogP contribution in [-0.4, -0.2) is 30.2 Å². The summed E-state index contributed by atoms with van der Waals surface area (Å²) in [7, 11) is 0. The Morgan fingerprint density at radius 1 is 1.47 bits per heavy atom. The van der Waals surface area contributed by atoms with Gasteiger partial charge in [-0.3, -0.25) is 4.79 Å². The van der Waals surface area contributed by atoms with Gasteiger partial charge in [0, 0.05) is 24.8 Å². The van der Waals surface area contributed by atoms with Crippen molar-refractivity contribution in [3.05, 3.63) is 23.9 Å². The number of halogens is 3. The van der Waals surface area contributed by atoms with Crippen molar-refractivity contribution in [2.24, 2.45) is 0 Å². The Morgan fingerprint density at radius 2 is 2.21 bits per heavy atom. The van der Waals surface area contributed by atoms with Gasteiger partial charge in [-0.2, -0.15) is 13.2 Å². The van der Waals surface area contributed by atoms with Crippen molar-refractivity contribution >= 4 is 5.91 Å². The fraction of sp³-hybridized carbons (Fsp3) is 0.333. The molecule has 0 unspecified atom stereocenters. The van der Waals surface area contributed by atoms with Gasteiger partial charge < -0.3 is 10.1 Å². The predicted molar refractivity (Wildman–Crippen MR) is 61.3 cm³/mol. The third-order valence-electron chi connectivity index (χ3n) is 1.78. The SMILES string of the molecule is CC(=O)NCC#Cc1ccc(OCC(F)(F)F)nc1. The number of carbonyl (C=O) groups is 1. The van der Waals surface area contributed by atoms with Crippen molar-refractivity contribution in [2.75, 3.05) is 13.2 Å². The van der Waals surface area contributed by atoms with E-state index in [0.717, 1.165) is 0 Å². The monoisotopic (exact) mass is 272 g/mol. The molecule has 0 radical (unpaired) electrons. The summed E-state index contributed by atoms with van der Waals surface area (Å²) in [5.74, 6) is 5.05. The van der Waals surface area contributed by atoms with Crippen LogP contribution in [-0.2, 0) is 4.79 Å². The van der Waals surface area contributed by atoms with Crippen LogP contribution < -0.4 is 10.1 Å². The zero-order valence-corrected chi connectivity index (χ0v) is 10.0. The maximum atomic E-state index is 11.9. The molecule has 102 valence electrons. The molecule has 1 rings (SSSR count). The van der Waals surface area contributed by atoms with Crippen LogP contribution in [0.3, 0.4) is 0 Å². The van der Waals surface area contributed by atoms with Crippen LogP contribution in [0.2, 0.25) is 0 Å². The van der Waals surface area contributed by atoms with Crippen molar-refractivity contribution in [1.29, 1.82) is 0 Å². The Bertz CT molecular complexity index is 486. The number of ether oxygens (including phenoxy) is 1. The number of pyridine rings is 1. The second kappa shape index (κ2) is 6.64. The van der Waals surface area contributed by atoms with Crippen molar-refractivity contribution in [3.63, 3.8) is 0 Å². The standard InChI is InChI=1S/C12H11F3N2O2/c1-9(18)16-6-2-3-10-4-5-11(17-7-10)19-8-12(13,14)15/h4-5,7H,6,8H2,1H3,(H,16,18). The van der Waals surface area contributed by atoms with E-state index in [1.807, 2.05) is 0 Å². The smallest absolute Gasteiger partial charge is 0.422 e. The van der Waals surface area contributed by atoms with Gasteiger partial charge in [-0.15, -0.1) is 0 Å². The lowest BCUT2D eigenvalue weighted by Gasteiger charge is -2.07. The summed E-state index contributed by atoms with van der Waals surface area (Å²) in [6.45, 7) is 0.186. The molecule has 0 fully saturated rings. The molecule has 19 heavy (non-hydrogen) atoms. The van der Waals surface area contributed by atoms with E-state index < -0.39 is 12.8 Å². The largest absolute Gasteiger partial charge is 0.468 e. The van der Waals surface area contributed by atoms with Crippen LogP contribution in [0, 0.1) is 11.8 Å². The highest BCUT2D eigenvalue weighted by Crippen LogP contribution is 2.16. The average Bonchev–Trinajstić information content (AvgIpc) is 2.32. The van der Waals surface area contributed by atoms with E-state index in [4.69, 9.17) is 0 Å². The second-order valence-electron chi connectivity index (χ2n) is 3.50. The van der Waals surface area contributed by atoms with Gasteiger partial charge in [0.15, 0.2) is 6.61 Å². The molecule has 1 aromatic heterocycles. The minimum absolute atomic E-state index is 0.121. The van der Waals surface area contributed by atoms with Crippen LogP contribution in [0.15, 0.2) is 18.3 Å². The Morgan fingerprint density at radius 3 is 2.74 bits per heavy atom. The Balaban J connectivity index is 2.49. The number of aromatic nitrogens is 1. The summed E-state index contributed by atoms with van der Waals surface area (Å²) < 4.78 is 40.1. The molecule has 0 aliphatic heterocycles. The number of amides is 1. The van der Waals surface area contributed by atoms with Gasteiger partial charge in [0.1, 0.15) is 0 Å². The number of alkyl halides is 3. The summed E-state index contributed by atoms with van der Waals surface area (Å²) in [5.41, 5.74) is 0.518. The third-order valence-corrected chi connectivity index (χ3v) is 1.78. The molecule has 4 nitrogen and oxygen atoms in total. The number of carbonyl (C=O) groups excluding carboxylic acids is 1. The van der Waals surface area contributed by atoms with E-state index in [2.05, 4.69) is 26.9 Å². The third kappa shape index (κ3) is 6.93. The maximum Gasteiger partial charge on any atom is 0.422 e. The summed E-state index contributed by atoms with van der Waals surface area (Å²) in [6.07, 6.45) is -3.09. The van der Waals surface area contributed by atoms with Crippen LogP contribution in [0.5, 0.6) is 5.88 Å². The quantitative estimate of drug-likeness (QED) is 0.849. The topological polar surface area (TPSA) is 51.2 Å². The Labute approximate surface area is 108 Å². The van der Waals surface area contributed by atoms with Gasteiger partial charge in [-0.1, -0.05) is 11.8 Å². The molecule has 7 heteroatoms. The molecule has 0 bridgehead atoms. The zero-order valence-electron chi connectivity index (χ0n) is 10.0. The zero-order chi connectivity index (χ0) is 14.3. The van der Waals surface area contributed by atoms with Crippen molar-refractivity contribution in [1.82, 2.24) is 10.3 Å². The van der Waals surface area contributed by atoms with E-state index in [9.17, 15) is 18.0 Å². The van der Waals surface area contributed by atoms with Crippen molar-refractivity contribution in [2.45, 2.75) is 13.1 Å². The van der Waals surface area contributed by atoms with Crippen LogP contribution in [0.25, 0.3) is 0 Å². The molecular formula is C12H11F3N2O2. The van der Waals surface area contributed by atoms with Crippen LogP contribution in [0.4, 0.5) is 13.2 Å². The summed E-state index contributed by atoms with van der Waals surface area (Å²) in [5, 5.41) is 2.48. The molecule has 0 aliphatic rings. The number of nitrogens with zero attached hydrogens (tertiary/aromatic N) is 1. The first kappa shape index (κ1) is 14.8. The average molecular weight is 272 g/mol. The molecule has 1 aromatic rings. The first-order chi connectivity index (χ1) is 8.87. The molecule has 0 saturated carbocycles. The summed E-state index contributed by atoms with van der Waals surface area (Å²) in [4.78, 5) is 14.2. The number of rotatable bonds is 3. The molecule has 0 atom stereocenters. The number of hydrogen-bond acceptors (Lipinski definition) is 3. The lowest BCUT2D eigenvalue weighted by molar-refractivity contribution is -0.154. The summed E-state index contributed by atoms with van der Waals surface area (Å²) >= 11 is 0. The van der Waals surface area contributed by atoms with Gasteiger partial charge in [0.2, 0.25) is 11.8 Å². The van der Waals surface area contributed by atoms with Crippen molar-refractivity contribution < 1.29 is 22.7 Å². The van der Waals surface area contributed by atoms with Gasteiger partial charge in [-0.25, -0.2) is 4.98 Å². The molecule has 1 heterocycles. The minimum Gasteiger partial charge on any atom is -0.468 e. The predicted octanol–water partition coefficient (Wildman–Crippen LogP) is 1.51. The first-order valence-electron chi connectivity index (χ1n) is 5.26. The van der Waals surface area contributed by atoms with E-state index in [0.29, 0.717) is 5.56 Å². The molecule has 0 spiro atoms. The summed E-state index contributed by atoms with van der Waals surface area (Å²) in [6, 6.07) is 2.79. The molecule has 1 amide bonds. The lowest BCUT2D eigenvalue weighted by Crippen LogP contribution is -2.19. The Kier molecular flexibility index (Phi) is 5.18. The number of nitrogens with one attached hydrogen (secondary N) is 1. The van der Waals surface area contributed by atoms with E-state index in [-0.39, 0.29) is 18.3 Å². The van der Waals surface area contributed by atoms with Crippen LogP contribution >= 0.6 is 0 Å². The van der Waals surface area contributed by atoms with E-state index >= 15 is 0 Å². The minimum atomic E-state index is -4.39.